The van der Waals surface area contributed by atoms with Gasteiger partial charge in [0.2, 0.25) is 0 Å². The summed E-state index contributed by atoms with van der Waals surface area (Å²) in [4.78, 5) is 42.6. The lowest BCUT2D eigenvalue weighted by molar-refractivity contribution is 0.0831. The van der Waals surface area contributed by atoms with Gasteiger partial charge in [0.1, 0.15) is 10.6 Å². The lowest BCUT2D eigenvalue weighted by atomic mass is 10.1. The van der Waals surface area contributed by atoms with Gasteiger partial charge in [-0.3, -0.25) is 14.2 Å². The molecule has 0 saturated carbocycles. The number of aryl methyl sites for hydroxylation is 2. The van der Waals surface area contributed by atoms with Gasteiger partial charge in [-0.15, -0.1) is 11.3 Å². The zero-order valence-corrected chi connectivity index (χ0v) is 20.7. The maximum Gasteiger partial charge on any atom is 0.337 e. The van der Waals surface area contributed by atoms with Crippen molar-refractivity contribution in [1.82, 2.24) is 14.0 Å². The molecule has 0 bridgehead atoms. The number of aromatic nitrogens is 2. The maximum atomic E-state index is 13.7. The Morgan fingerprint density at radius 3 is 2.38 bits per heavy atom. The Morgan fingerprint density at radius 2 is 1.76 bits per heavy atom. The molecule has 0 saturated heterocycles. The van der Waals surface area contributed by atoms with E-state index >= 15 is 0 Å². The van der Waals surface area contributed by atoms with Gasteiger partial charge in [0.25, 0.3) is 11.5 Å². The normalized spacial score (nSPS) is 11.1. The summed E-state index contributed by atoms with van der Waals surface area (Å²) in [6.07, 6.45) is 0. The van der Waals surface area contributed by atoms with Crippen molar-refractivity contribution < 1.29 is 9.53 Å². The largest absolute Gasteiger partial charge is 0.494 e. The zero-order chi connectivity index (χ0) is 24.6. The van der Waals surface area contributed by atoms with E-state index in [0.29, 0.717) is 38.7 Å². The number of fused-ring (bicyclic) bond motifs is 1. The molecule has 0 unspecified atom stereocenters. The van der Waals surface area contributed by atoms with Crippen LogP contribution in [0.5, 0.6) is 5.75 Å². The molecule has 4 aromatic rings. The standard InChI is InChI=1S/C26H27N3O4S/c1-6-33-20-12-10-19(11-13-20)29-23(30)21-17(3)22(24(31)27(4)5)34-25(21)28(26(29)32)15-18-9-7-8-16(2)14-18/h7-14H,6,15H2,1-5H3. The van der Waals surface area contributed by atoms with Gasteiger partial charge in [-0.2, -0.15) is 0 Å². The Hall–Kier alpha value is -3.65. The lowest BCUT2D eigenvalue weighted by Crippen LogP contribution is -2.38. The Bertz CT molecular complexity index is 1490. The highest BCUT2D eigenvalue weighted by Crippen LogP contribution is 2.29. The van der Waals surface area contributed by atoms with Crippen molar-refractivity contribution in [2.75, 3.05) is 20.7 Å². The van der Waals surface area contributed by atoms with E-state index < -0.39 is 11.2 Å². The van der Waals surface area contributed by atoms with E-state index in [2.05, 4.69) is 0 Å². The summed E-state index contributed by atoms with van der Waals surface area (Å²) < 4.78 is 8.27. The second kappa shape index (κ2) is 9.30. The number of benzene rings is 2. The molecule has 0 fully saturated rings. The summed E-state index contributed by atoms with van der Waals surface area (Å²) in [6.45, 7) is 6.45. The highest BCUT2D eigenvalue weighted by molar-refractivity contribution is 7.20. The van der Waals surface area contributed by atoms with Crippen molar-refractivity contribution in [3.8, 4) is 11.4 Å². The molecule has 0 N–H and O–H groups in total. The maximum absolute atomic E-state index is 13.7. The van der Waals surface area contributed by atoms with Gasteiger partial charge in [0.05, 0.1) is 29.1 Å². The number of hydrogen-bond acceptors (Lipinski definition) is 5. The van der Waals surface area contributed by atoms with Crippen LogP contribution in [0.25, 0.3) is 15.9 Å². The first-order valence-electron chi connectivity index (χ1n) is 11.0. The van der Waals surface area contributed by atoms with Crippen molar-refractivity contribution in [2.24, 2.45) is 0 Å². The summed E-state index contributed by atoms with van der Waals surface area (Å²) in [5, 5.41) is 0.385. The molecule has 0 spiro atoms. The molecule has 2 aromatic carbocycles. The fraction of sp³-hybridized carbons (Fsp3) is 0.269. The predicted molar refractivity (Wildman–Crippen MR) is 136 cm³/mol. The van der Waals surface area contributed by atoms with Gasteiger partial charge in [0, 0.05) is 14.1 Å². The summed E-state index contributed by atoms with van der Waals surface area (Å²) in [5.41, 5.74) is 2.16. The minimum atomic E-state index is -0.451. The lowest BCUT2D eigenvalue weighted by Gasteiger charge is -2.13. The van der Waals surface area contributed by atoms with Crippen LogP contribution in [0.4, 0.5) is 0 Å². The minimum Gasteiger partial charge on any atom is -0.494 e. The van der Waals surface area contributed by atoms with Crippen molar-refractivity contribution in [2.45, 2.75) is 27.3 Å². The van der Waals surface area contributed by atoms with Crippen LogP contribution in [0.3, 0.4) is 0 Å². The molecule has 4 rings (SSSR count). The van der Waals surface area contributed by atoms with Gasteiger partial charge >= 0.3 is 5.69 Å². The van der Waals surface area contributed by atoms with E-state index in [1.165, 1.54) is 20.8 Å². The Kier molecular flexibility index (Phi) is 6.43. The van der Waals surface area contributed by atoms with E-state index in [1.54, 1.807) is 49.9 Å². The van der Waals surface area contributed by atoms with Crippen LogP contribution in [-0.4, -0.2) is 40.6 Å². The van der Waals surface area contributed by atoms with Gasteiger partial charge in [-0.1, -0.05) is 29.8 Å². The molecular weight excluding hydrogens is 450 g/mol. The van der Waals surface area contributed by atoms with Gasteiger partial charge in [0.15, 0.2) is 0 Å². The first kappa shape index (κ1) is 23.5. The Balaban J connectivity index is 2.02. The summed E-state index contributed by atoms with van der Waals surface area (Å²) in [6, 6.07) is 14.8. The number of ether oxygens (including phenoxy) is 1. The molecule has 0 radical (unpaired) electrons. The second-order valence-corrected chi connectivity index (χ2v) is 9.36. The molecule has 0 aliphatic carbocycles. The van der Waals surface area contributed by atoms with E-state index in [-0.39, 0.29) is 12.5 Å². The fourth-order valence-corrected chi connectivity index (χ4v) is 5.29. The van der Waals surface area contributed by atoms with Crippen LogP contribution in [0.1, 0.15) is 33.3 Å². The fourth-order valence-electron chi connectivity index (χ4n) is 3.97. The Morgan fingerprint density at radius 1 is 1.06 bits per heavy atom. The van der Waals surface area contributed by atoms with E-state index in [1.807, 2.05) is 38.1 Å². The molecule has 2 heterocycles. The van der Waals surface area contributed by atoms with Crippen molar-refractivity contribution in [3.05, 3.63) is 90.9 Å². The molecule has 176 valence electrons. The molecular formula is C26H27N3O4S. The predicted octanol–water partition coefficient (Wildman–Crippen LogP) is 3.98. The smallest absolute Gasteiger partial charge is 0.337 e. The highest BCUT2D eigenvalue weighted by Gasteiger charge is 2.24. The molecule has 34 heavy (non-hydrogen) atoms. The van der Waals surface area contributed by atoms with Crippen LogP contribution in [-0.2, 0) is 6.54 Å². The van der Waals surface area contributed by atoms with Crippen molar-refractivity contribution in [1.29, 1.82) is 0 Å². The molecule has 7 nitrogen and oxygen atoms in total. The minimum absolute atomic E-state index is 0.194. The van der Waals surface area contributed by atoms with Gasteiger partial charge in [-0.05, 0) is 56.2 Å². The number of nitrogens with zero attached hydrogens (tertiary/aromatic N) is 3. The number of hydrogen-bond donors (Lipinski definition) is 0. The molecule has 8 heteroatoms. The first-order valence-corrected chi connectivity index (χ1v) is 11.8. The molecule has 2 aromatic heterocycles. The number of carbonyl (C=O) groups is 1. The first-order chi connectivity index (χ1) is 16.2. The molecule has 1 amide bonds. The average Bonchev–Trinajstić information content (AvgIpc) is 3.14. The third-order valence-electron chi connectivity index (χ3n) is 5.64. The Labute approximate surface area is 201 Å². The number of rotatable bonds is 6. The van der Waals surface area contributed by atoms with Crippen LogP contribution < -0.4 is 16.0 Å². The SMILES string of the molecule is CCOc1ccc(-n2c(=O)c3c(C)c(C(=O)N(C)C)sc3n(Cc3cccc(C)c3)c2=O)cc1. The second-order valence-electron chi connectivity index (χ2n) is 8.36. The average molecular weight is 478 g/mol. The molecule has 0 aliphatic heterocycles. The number of amides is 1. The van der Waals surface area contributed by atoms with Crippen LogP contribution >= 0.6 is 11.3 Å². The summed E-state index contributed by atoms with van der Waals surface area (Å²) in [7, 11) is 3.34. The molecule has 0 aliphatic rings. The van der Waals surface area contributed by atoms with Gasteiger partial charge < -0.3 is 9.64 Å². The summed E-state index contributed by atoms with van der Waals surface area (Å²) in [5.74, 6) is 0.464. The quantitative estimate of drug-likeness (QED) is 0.421. The van der Waals surface area contributed by atoms with E-state index in [9.17, 15) is 14.4 Å². The summed E-state index contributed by atoms with van der Waals surface area (Å²) >= 11 is 1.19. The van der Waals surface area contributed by atoms with E-state index in [0.717, 1.165) is 11.1 Å². The topological polar surface area (TPSA) is 73.5 Å². The number of carbonyl (C=O) groups excluding carboxylic acids is 1. The van der Waals surface area contributed by atoms with Crippen LogP contribution in [0.2, 0.25) is 0 Å². The number of thiophene rings is 1. The van der Waals surface area contributed by atoms with E-state index in [4.69, 9.17) is 4.74 Å². The highest BCUT2D eigenvalue weighted by atomic mass is 32.1. The van der Waals surface area contributed by atoms with Crippen LogP contribution in [0, 0.1) is 13.8 Å². The van der Waals surface area contributed by atoms with Gasteiger partial charge in [-0.25, -0.2) is 9.36 Å². The zero-order valence-electron chi connectivity index (χ0n) is 19.9. The van der Waals surface area contributed by atoms with Crippen molar-refractivity contribution >= 4 is 27.5 Å². The molecule has 0 atom stereocenters. The van der Waals surface area contributed by atoms with Crippen molar-refractivity contribution in [3.63, 3.8) is 0 Å². The monoisotopic (exact) mass is 477 g/mol. The van der Waals surface area contributed by atoms with Crippen LogP contribution in [0.15, 0.2) is 58.1 Å². The third-order valence-corrected chi connectivity index (χ3v) is 6.94. The third kappa shape index (κ3) is 4.17.